The van der Waals surface area contributed by atoms with Crippen LogP contribution in [-0.2, 0) is 14.3 Å². The van der Waals surface area contributed by atoms with Gasteiger partial charge in [0.05, 0.1) is 35.7 Å². The van der Waals surface area contributed by atoms with Crippen LogP contribution in [0, 0.1) is 6.92 Å². The molecule has 1 atom stereocenters. The molecule has 3 aliphatic rings. The zero-order valence-corrected chi connectivity index (χ0v) is 26.7. The van der Waals surface area contributed by atoms with Gasteiger partial charge in [0.1, 0.15) is 11.6 Å². The largest absolute Gasteiger partial charge is 0.493 e. The van der Waals surface area contributed by atoms with Crippen LogP contribution in [0.2, 0.25) is 0 Å². The van der Waals surface area contributed by atoms with E-state index in [1.165, 1.54) is 0 Å². The first-order chi connectivity index (χ1) is 21.5. The van der Waals surface area contributed by atoms with Gasteiger partial charge in [-0.1, -0.05) is 48.6 Å². The van der Waals surface area contributed by atoms with Crippen LogP contribution in [0.25, 0.3) is 28.0 Å². The van der Waals surface area contributed by atoms with Gasteiger partial charge in [-0.05, 0) is 71.6 Å². The van der Waals surface area contributed by atoms with Crippen LogP contribution in [-0.4, -0.2) is 63.2 Å². The second-order valence-electron chi connectivity index (χ2n) is 13.1. The van der Waals surface area contributed by atoms with Crippen LogP contribution in [0.1, 0.15) is 64.3 Å². The molecule has 9 heteroatoms. The molecule has 2 aromatic carbocycles. The zero-order chi connectivity index (χ0) is 31.8. The van der Waals surface area contributed by atoms with Gasteiger partial charge in [-0.3, -0.25) is 0 Å². The molecule has 236 valence electrons. The predicted molar refractivity (Wildman–Crippen MR) is 175 cm³/mol. The summed E-state index contributed by atoms with van der Waals surface area (Å²) in [4.78, 5) is 19.9. The van der Waals surface area contributed by atoms with E-state index < -0.39 is 17.7 Å². The number of anilines is 1. The number of para-hydroxylation sites is 1. The summed E-state index contributed by atoms with van der Waals surface area (Å²) in [5.74, 6) is 0.463. The SMILES string of the molecule is Cc1nc2cc3nn2c(c1[C@H](OC(C)(C)C)C(=O)O)N1CCC(C)(CC1)OCC=CCCOc1ccccc1-c1cccc-3c1. The minimum absolute atomic E-state index is 0.303. The molecule has 0 amide bonds. The Hall–Kier alpha value is -4.21. The van der Waals surface area contributed by atoms with Crippen molar-refractivity contribution < 1.29 is 24.1 Å². The maximum absolute atomic E-state index is 12.8. The number of aliphatic carboxylic acids is 1. The Labute approximate surface area is 264 Å². The molecule has 0 radical (unpaired) electrons. The van der Waals surface area contributed by atoms with E-state index in [1.54, 1.807) is 4.52 Å². The Morgan fingerprint density at radius 3 is 2.56 bits per heavy atom. The number of piperidine rings is 1. The molecule has 7 rings (SSSR count). The van der Waals surface area contributed by atoms with Gasteiger partial charge >= 0.3 is 5.97 Å². The van der Waals surface area contributed by atoms with Gasteiger partial charge in [-0.2, -0.15) is 9.61 Å². The number of aromatic nitrogens is 3. The molecule has 4 aromatic rings. The lowest BCUT2D eigenvalue weighted by Crippen LogP contribution is -2.45. The molecular formula is C36H42N4O5. The number of aryl methyl sites for hydroxylation is 1. The monoisotopic (exact) mass is 610 g/mol. The quantitative estimate of drug-likeness (QED) is 0.247. The summed E-state index contributed by atoms with van der Waals surface area (Å²) in [5.41, 5.74) is 4.47. The molecule has 45 heavy (non-hydrogen) atoms. The smallest absolute Gasteiger partial charge is 0.337 e. The maximum atomic E-state index is 12.8. The third-order valence-electron chi connectivity index (χ3n) is 8.48. The Morgan fingerprint density at radius 1 is 1.04 bits per heavy atom. The van der Waals surface area contributed by atoms with Crippen molar-refractivity contribution in [3.8, 4) is 28.1 Å². The highest BCUT2D eigenvalue weighted by molar-refractivity contribution is 5.80. The van der Waals surface area contributed by atoms with Gasteiger partial charge in [0, 0.05) is 36.0 Å². The first-order valence-electron chi connectivity index (χ1n) is 15.7. The minimum Gasteiger partial charge on any atom is -0.493 e. The van der Waals surface area contributed by atoms with E-state index in [1.807, 2.05) is 64.1 Å². The highest BCUT2D eigenvalue weighted by Crippen LogP contribution is 2.39. The first kappa shape index (κ1) is 30.8. The normalized spacial score (nSPS) is 17.6. The Morgan fingerprint density at radius 2 is 1.80 bits per heavy atom. The first-order valence-corrected chi connectivity index (χ1v) is 15.7. The standard InChI is InChI=1S/C36H42N4O5/c1-24-31(32(34(41)42)45-35(2,3)4)33-39-18-16-36(5,17-19-39)44-21-10-6-9-20-43-29-15-8-7-14-27(29)25-12-11-13-26(22-25)28-23-30(37-24)40(33)38-28/h6-8,10-15,22-23,32H,9,16-21H2,1-5H3,(H,41,42)/t32-/m0/s1. The molecule has 2 aromatic heterocycles. The summed E-state index contributed by atoms with van der Waals surface area (Å²) >= 11 is 0. The summed E-state index contributed by atoms with van der Waals surface area (Å²) in [6, 6.07) is 18.3. The summed E-state index contributed by atoms with van der Waals surface area (Å²) < 4.78 is 20.6. The lowest BCUT2D eigenvalue weighted by atomic mass is 9.92. The van der Waals surface area contributed by atoms with Crippen molar-refractivity contribution in [2.75, 3.05) is 31.2 Å². The van der Waals surface area contributed by atoms with Crippen LogP contribution in [0.5, 0.6) is 5.75 Å². The van der Waals surface area contributed by atoms with Gasteiger partial charge in [0.2, 0.25) is 0 Å². The van der Waals surface area contributed by atoms with Crippen LogP contribution in [0.4, 0.5) is 5.82 Å². The maximum Gasteiger partial charge on any atom is 0.337 e. The highest BCUT2D eigenvalue weighted by Gasteiger charge is 2.37. The number of rotatable bonds is 3. The van der Waals surface area contributed by atoms with Gasteiger partial charge < -0.3 is 24.2 Å². The lowest BCUT2D eigenvalue weighted by Gasteiger charge is -2.41. The molecule has 0 spiro atoms. The van der Waals surface area contributed by atoms with E-state index in [4.69, 9.17) is 24.3 Å². The van der Waals surface area contributed by atoms with Crippen molar-refractivity contribution in [1.29, 1.82) is 0 Å². The van der Waals surface area contributed by atoms with Crippen molar-refractivity contribution in [2.24, 2.45) is 0 Å². The van der Waals surface area contributed by atoms with E-state index in [0.717, 1.165) is 47.4 Å². The third-order valence-corrected chi connectivity index (χ3v) is 8.48. The highest BCUT2D eigenvalue weighted by atomic mass is 16.5. The lowest BCUT2D eigenvalue weighted by molar-refractivity contribution is -0.160. The number of carboxylic acid groups (broad SMARTS) is 1. The minimum atomic E-state index is -1.22. The van der Waals surface area contributed by atoms with Crippen molar-refractivity contribution in [3.63, 3.8) is 0 Å². The number of benzene rings is 2. The molecular weight excluding hydrogens is 568 g/mol. The summed E-state index contributed by atoms with van der Waals surface area (Å²) in [5, 5.41) is 15.5. The van der Waals surface area contributed by atoms with Crippen LogP contribution >= 0.6 is 0 Å². The van der Waals surface area contributed by atoms with Gasteiger partial charge in [0.15, 0.2) is 11.8 Å². The van der Waals surface area contributed by atoms with E-state index in [-0.39, 0.29) is 5.60 Å². The molecule has 6 bridgehead atoms. The summed E-state index contributed by atoms with van der Waals surface area (Å²) in [6.07, 6.45) is 5.28. The Kier molecular flexibility index (Phi) is 8.41. The Balaban J connectivity index is 1.53. The molecule has 1 saturated heterocycles. The van der Waals surface area contributed by atoms with Gasteiger partial charge in [-0.25, -0.2) is 9.78 Å². The molecule has 3 aliphatic heterocycles. The van der Waals surface area contributed by atoms with E-state index >= 15 is 0 Å². The molecule has 9 nitrogen and oxygen atoms in total. The molecule has 5 heterocycles. The average Bonchev–Trinajstić information content (AvgIpc) is 3.42. The van der Waals surface area contributed by atoms with E-state index in [2.05, 4.69) is 42.2 Å². The second-order valence-corrected chi connectivity index (χ2v) is 13.1. The fourth-order valence-electron chi connectivity index (χ4n) is 6.14. The van der Waals surface area contributed by atoms with Crippen LogP contribution in [0.3, 0.4) is 0 Å². The van der Waals surface area contributed by atoms with Crippen LogP contribution in [0.15, 0.2) is 66.7 Å². The molecule has 0 aliphatic carbocycles. The zero-order valence-electron chi connectivity index (χ0n) is 26.7. The number of hydrogen-bond acceptors (Lipinski definition) is 7. The Bertz CT molecular complexity index is 1730. The van der Waals surface area contributed by atoms with E-state index in [0.29, 0.717) is 49.0 Å². The van der Waals surface area contributed by atoms with Crippen molar-refractivity contribution in [2.45, 2.75) is 71.2 Å². The van der Waals surface area contributed by atoms with E-state index in [9.17, 15) is 9.90 Å². The summed E-state index contributed by atoms with van der Waals surface area (Å²) in [6.45, 7) is 12.0. The molecule has 0 unspecified atom stereocenters. The predicted octanol–water partition coefficient (Wildman–Crippen LogP) is 7.03. The van der Waals surface area contributed by atoms with Crippen molar-refractivity contribution in [1.82, 2.24) is 14.6 Å². The number of ether oxygens (including phenoxy) is 3. The molecule has 1 fully saturated rings. The number of hydrogen-bond donors (Lipinski definition) is 1. The van der Waals surface area contributed by atoms with Crippen molar-refractivity contribution in [3.05, 3.63) is 78.0 Å². The molecule has 1 N–H and O–H groups in total. The number of carboxylic acids is 1. The van der Waals surface area contributed by atoms with Gasteiger partial charge in [-0.15, -0.1) is 0 Å². The summed E-state index contributed by atoms with van der Waals surface area (Å²) in [7, 11) is 0. The van der Waals surface area contributed by atoms with Crippen LogP contribution < -0.4 is 9.64 Å². The fraction of sp³-hybridized carbons (Fsp3) is 0.417. The molecule has 0 saturated carbocycles. The number of carbonyl (C=O) groups is 1. The van der Waals surface area contributed by atoms with Crippen molar-refractivity contribution >= 4 is 17.4 Å². The number of fused-ring (bicyclic) bond motifs is 7. The second kappa shape index (κ2) is 12.3. The van der Waals surface area contributed by atoms with Gasteiger partial charge in [0.25, 0.3) is 0 Å². The third kappa shape index (κ3) is 6.60. The topological polar surface area (TPSA) is 98.4 Å². The fourth-order valence-corrected chi connectivity index (χ4v) is 6.14. The number of nitrogens with zero attached hydrogens (tertiary/aromatic N) is 4. The average molecular weight is 611 g/mol.